The van der Waals surface area contributed by atoms with Crippen LogP contribution in [-0.2, 0) is 20.8 Å². The number of carboxylic acids is 1. The Morgan fingerprint density at radius 1 is 1.10 bits per heavy atom. The van der Waals surface area contributed by atoms with Gasteiger partial charge in [-0.15, -0.1) is 11.3 Å². The fourth-order valence-corrected chi connectivity index (χ4v) is 5.18. The minimum Gasteiger partial charge on any atom is -0.475 e. The molecule has 1 atom stereocenters. The Balaban J connectivity index is 0.000000587. The summed E-state index contributed by atoms with van der Waals surface area (Å²) in [5.41, 5.74) is 2.95. The Kier molecular flexibility index (Phi) is 11.5. The summed E-state index contributed by atoms with van der Waals surface area (Å²) in [6, 6.07) is 15.6. The molecule has 4 aromatic rings. The first-order valence-corrected chi connectivity index (χ1v) is 14.0. The predicted octanol–water partition coefficient (Wildman–Crippen LogP) is 7.52. The molecule has 0 spiro atoms. The minimum absolute atomic E-state index is 0.0499. The number of rotatable bonds is 11. The highest BCUT2D eigenvalue weighted by Crippen LogP contribution is 2.29. The average Bonchev–Trinajstić information content (AvgIpc) is 3.56. The SMILES string of the molecule is CC(=O)CCCCC[C@H](NC(=O)Cc1csc2ccc(Cl)cc12)c1ncc(-c2ccccc2)[nH]1.O=C(O)C(F)(F)F. The zero-order chi connectivity index (χ0) is 30.0. The van der Waals surface area contributed by atoms with Crippen LogP contribution in [0.2, 0.25) is 5.02 Å². The first-order chi connectivity index (χ1) is 19.4. The lowest BCUT2D eigenvalue weighted by Gasteiger charge is -2.17. The smallest absolute Gasteiger partial charge is 0.475 e. The molecular weight excluding hydrogens is 579 g/mol. The van der Waals surface area contributed by atoms with E-state index >= 15 is 0 Å². The van der Waals surface area contributed by atoms with E-state index in [0.29, 0.717) is 11.4 Å². The second-order valence-electron chi connectivity index (χ2n) is 9.35. The van der Waals surface area contributed by atoms with Gasteiger partial charge in [-0.25, -0.2) is 9.78 Å². The number of carboxylic acid groups (broad SMARTS) is 1. The largest absolute Gasteiger partial charge is 0.490 e. The second kappa shape index (κ2) is 14.8. The quantitative estimate of drug-likeness (QED) is 0.153. The number of alkyl halides is 3. The van der Waals surface area contributed by atoms with Crippen LogP contribution in [0.5, 0.6) is 0 Å². The molecule has 0 radical (unpaired) electrons. The average molecular weight is 608 g/mol. The molecule has 41 heavy (non-hydrogen) atoms. The number of aliphatic carboxylic acids is 1. The highest BCUT2D eigenvalue weighted by molar-refractivity contribution is 7.17. The summed E-state index contributed by atoms with van der Waals surface area (Å²) in [5.74, 6) is -1.85. The number of halogens is 4. The lowest BCUT2D eigenvalue weighted by molar-refractivity contribution is -0.192. The molecule has 0 bridgehead atoms. The summed E-state index contributed by atoms with van der Waals surface area (Å²) in [6.07, 6.45) is 1.07. The number of fused-ring (bicyclic) bond motifs is 1. The van der Waals surface area contributed by atoms with E-state index in [0.717, 1.165) is 58.4 Å². The number of aromatic amines is 1. The summed E-state index contributed by atoms with van der Waals surface area (Å²) in [6.45, 7) is 1.62. The van der Waals surface area contributed by atoms with Gasteiger partial charge in [0.15, 0.2) is 0 Å². The summed E-state index contributed by atoms with van der Waals surface area (Å²) < 4.78 is 32.9. The number of hydrogen-bond donors (Lipinski definition) is 3. The highest BCUT2D eigenvalue weighted by Gasteiger charge is 2.38. The van der Waals surface area contributed by atoms with Crippen LogP contribution in [-0.4, -0.2) is 38.9 Å². The summed E-state index contributed by atoms with van der Waals surface area (Å²) in [4.78, 5) is 41.2. The molecule has 2 heterocycles. The van der Waals surface area contributed by atoms with Crippen LogP contribution in [0, 0.1) is 0 Å². The molecule has 7 nitrogen and oxygen atoms in total. The van der Waals surface area contributed by atoms with Gasteiger partial charge in [-0.1, -0.05) is 54.8 Å². The normalized spacial score (nSPS) is 11.9. The number of nitrogens with one attached hydrogen (secondary N) is 2. The molecule has 2 aromatic carbocycles. The zero-order valence-corrected chi connectivity index (χ0v) is 23.7. The lowest BCUT2D eigenvalue weighted by Crippen LogP contribution is -2.30. The van der Waals surface area contributed by atoms with E-state index in [-0.39, 0.29) is 24.2 Å². The van der Waals surface area contributed by atoms with Crippen LogP contribution in [0.3, 0.4) is 0 Å². The van der Waals surface area contributed by atoms with Gasteiger partial charge in [0.05, 0.1) is 24.4 Å². The first-order valence-electron chi connectivity index (χ1n) is 12.8. The number of nitrogens with zero attached hydrogens (tertiary/aromatic N) is 1. The van der Waals surface area contributed by atoms with E-state index in [2.05, 4.69) is 15.3 Å². The molecule has 4 rings (SSSR count). The third kappa shape index (κ3) is 10.0. The molecule has 0 saturated carbocycles. The Morgan fingerprint density at radius 3 is 2.46 bits per heavy atom. The number of amides is 1. The van der Waals surface area contributed by atoms with Crippen LogP contribution >= 0.6 is 22.9 Å². The molecule has 218 valence electrons. The van der Waals surface area contributed by atoms with Gasteiger partial charge in [0.25, 0.3) is 0 Å². The molecule has 0 fully saturated rings. The Labute approximate surface area is 243 Å². The number of carbonyl (C=O) groups is 3. The van der Waals surface area contributed by atoms with Gasteiger partial charge in [-0.05, 0) is 59.9 Å². The summed E-state index contributed by atoms with van der Waals surface area (Å²) >= 11 is 7.79. The van der Waals surface area contributed by atoms with Crippen LogP contribution in [0.15, 0.2) is 60.1 Å². The van der Waals surface area contributed by atoms with Crippen molar-refractivity contribution in [3.63, 3.8) is 0 Å². The number of H-pyrrole nitrogens is 1. The molecular formula is C29H29ClF3N3O4S. The number of aromatic nitrogens is 2. The number of Topliss-reactive ketones (excluding diaryl/α,β-unsaturated/α-hetero) is 1. The maximum atomic E-state index is 13.1. The van der Waals surface area contributed by atoms with E-state index in [1.165, 1.54) is 0 Å². The lowest BCUT2D eigenvalue weighted by atomic mass is 10.0. The molecule has 0 aliphatic heterocycles. The second-order valence-corrected chi connectivity index (χ2v) is 10.7. The van der Waals surface area contributed by atoms with Gasteiger partial charge in [-0.2, -0.15) is 13.2 Å². The van der Waals surface area contributed by atoms with Crippen LogP contribution in [0.1, 0.15) is 56.5 Å². The predicted molar refractivity (Wildman–Crippen MR) is 153 cm³/mol. The van der Waals surface area contributed by atoms with E-state index in [9.17, 15) is 22.8 Å². The van der Waals surface area contributed by atoms with E-state index < -0.39 is 12.1 Å². The number of hydrogen-bond acceptors (Lipinski definition) is 5. The summed E-state index contributed by atoms with van der Waals surface area (Å²) in [5, 5.41) is 14.0. The fraction of sp³-hybridized carbons (Fsp3) is 0.310. The zero-order valence-electron chi connectivity index (χ0n) is 22.1. The molecule has 1 amide bonds. The van der Waals surface area contributed by atoms with Gasteiger partial charge in [0, 0.05) is 16.1 Å². The standard InChI is InChI=1S/C27H28ClN3O2S.C2HF3O2/c1-18(32)8-4-2-7-11-23(27-29-16-24(31-27)19-9-5-3-6-10-19)30-26(33)14-20-17-34-25-13-12-21(28)15-22(20)25;3-2(4,5)1(6)7/h3,5-6,9-10,12-13,15-17,23H,2,4,7-8,11,14H2,1H3,(H,29,31)(H,30,33);(H,6,7)/t23-;/m0./s1. The molecule has 0 aliphatic carbocycles. The van der Waals surface area contributed by atoms with Crippen molar-refractivity contribution in [3.8, 4) is 11.3 Å². The van der Waals surface area contributed by atoms with Gasteiger partial charge in [0.1, 0.15) is 11.6 Å². The minimum atomic E-state index is -5.08. The number of benzene rings is 2. The van der Waals surface area contributed by atoms with Crippen LogP contribution in [0.4, 0.5) is 13.2 Å². The third-order valence-corrected chi connectivity index (χ3v) is 7.32. The molecule has 2 aromatic heterocycles. The number of ketones is 1. The molecule has 0 unspecified atom stereocenters. The van der Waals surface area contributed by atoms with Crippen molar-refractivity contribution in [3.05, 3.63) is 76.5 Å². The van der Waals surface area contributed by atoms with Gasteiger partial charge < -0.3 is 20.2 Å². The maximum absolute atomic E-state index is 13.1. The first kappa shape index (κ1) is 31.8. The van der Waals surface area contributed by atoms with Gasteiger partial charge in [-0.3, -0.25) is 4.79 Å². The molecule has 0 saturated heterocycles. The molecule has 0 aliphatic rings. The van der Waals surface area contributed by atoms with Crippen molar-refractivity contribution in [2.24, 2.45) is 0 Å². The van der Waals surface area contributed by atoms with E-state index in [1.54, 1.807) is 18.3 Å². The summed E-state index contributed by atoms with van der Waals surface area (Å²) in [7, 11) is 0. The molecule has 3 N–H and O–H groups in total. The van der Waals surface area contributed by atoms with Crippen molar-refractivity contribution in [1.29, 1.82) is 0 Å². The topological polar surface area (TPSA) is 112 Å². The number of thiophene rings is 1. The van der Waals surface area contributed by atoms with Crippen LogP contribution < -0.4 is 5.32 Å². The van der Waals surface area contributed by atoms with Crippen molar-refractivity contribution < 1.29 is 32.7 Å². The van der Waals surface area contributed by atoms with E-state index in [1.807, 2.05) is 60.1 Å². The number of carbonyl (C=O) groups excluding carboxylic acids is 2. The maximum Gasteiger partial charge on any atom is 0.490 e. The van der Waals surface area contributed by atoms with Crippen molar-refractivity contribution in [1.82, 2.24) is 15.3 Å². The van der Waals surface area contributed by atoms with Gasteiger partial charge >= 0.3 is 12.1 Å². The number of imidazole rings is 1. The number of unbranched alkanes of at least 4 members (excludes halogenated alkanes) is 2. The van der Waals surface area contributed by atoms with Crippen molar-refractivity contribution in [2.75, 3.05) is 0 Å². The van der Waals surface area contributed by atoms with E-state index in [4.69, 9.17) is 21.5 Å². The van der Waals surface area contributed by atoms with Crippen molar-refractivity contribution >= 4 is 50.7 Å². The Bertz CT molecular complexity index is 1470. The molecule has 12 heteroatoms. The Hall–Kier alpha value is -3.70. The fourth-order valence-electron chi connectivity index (χ4n) is 4.06. The Morgan fingerprint density at radius 2 is 1.80 bits per heavy atom. The van der Waals surface area contributed by atoms with Gasteiger partial charge in [0.2, 0.25) is 5.91 Å². The van der Waals surface area contributed by atoms with Crippen LogP contribution in [0.25, 0.3) is 21.3 Å². The third-order valence-electron chi connectivity index (χ3n) is 6.08. The van der Waals surface area contributed by atoms with Crippen molar-refractivity contribution in [2.45, 2.75) is 57.7 Å². The highest BCUT2D eigenvalue weighted by atomic mass is 35.5. The monoisotopic (exact) mass is 607 g/mol.